The first-order valence-electron chi connectivity index (χ1n) is 23.7. The Kier molecular flexibility index (Phi) is 12.1. The summed E-state index contributed by atoms with van der Waals surface area (Å²) >= 11 is 0. The smallest absolute Gasteiger partial charge is 0.404 e. The van der Waals surface area contributed by atoms with Gasteiger partial charge in [-0.15, -0.1) is 0 Å². The standard InChI is InChI=1S/C60H54B2O4/c1-7-19-45(20-8-1)35-37-59-43-63-61(65-59)53-33-32-52(56(41-53)48-25-13-4-14-26-48)40-58(50-29-17-6-18-30-50)60(38-36-46-21-9-2-10-22-46)44-64-62(66-60)54-34-31-51(39-57(59)49-27-15-5-16-28-49)55(42-54)47-23-11-3-12-24-47/h1-30,35-42,55-58H,31-34,43-44H2/b37-35+,38-36+,51-39+,52-40+/t55-,56+,57+,58-,59-,60+. The van der Waals surface area contributed by atoms with E-state index in [2.05, 4.69) is 231 Å². The number of hydrogen-bond donors (Lipinski definition) is 0. The Morgan fingerprint density at radius 1 is 0.379 bits per heavy atom. The van der Waals surface area contributed by atoms with Crippen molar-refractivity contribution in [3.8, 4) is 0 Å². The van der Waals surface area contributed by atoms with Crippen LogP contribution in [0.3, 0.4) is 0 Å². The second-order valence-corrected chi connectivity index (χ2v) is 18.4. The van der Waals surface area contributed by atoms with Crippen LogP contribution in [-0.2, 0) is 18.6 Å². The lowest BCUT2D eigenvalue weighted by Gasteiger charge is -2.37. The van der Waals surface area contributed by atoms with Gasteiger partial charge in [0.1, 0.15) is 11.2 Å². The van der Waals surface area contributed by atoms with Crippen LogP contribution in [0.1, 0.15) is 82.7 Å². The third-order valence-corrected chi connectivity index (χ3v) is 14.3. The minimum Gasteiger partial charge on any atom is -0.404 e. The van der Waals surface area contributed by atoms with Crippen LogP contribution in [0.25, 0.3) is 12.2 Å². The quantitative estimate of drug-likeness (QED) is 0.113. The van der Waals surface area contributed by atoms with Crippen LogP contribution in [0, 0.1) is 0 Å². The van der Waals surface area contributed by atoms with Gasteiger partial charge >= 0.3 is 14.2 Å². The van der Waals surface area contributed by atoms with Gasteiger partial charge in [-0.1, -0.05) is 242 Å². The molecule has 0 amide bonds. The molecule has 2 saturated heterocycles. The Bertz CT molecular complexity index is 2590. The molecule has 8 bridgehead atoms. The number of rotatable bonds is 8. The van der Waals surface area contributed by atoms with Crippen molar-refractivity contribution >= 4 is 26.4 Å². The van der Waals surface area contributed by atoms with Crippen molar-refractivity contribution < 1.29 is 18.6 Å². The molecule has 324 valence electrons. The molecular formula is C60H54B2O4. The summed E-state index contributed by atoms with van der Waals surface area (Å²) in [5, 5.41) is 0. The molecule has 4 nitrogen and oxygen atoms in total. The molecule has 0 saturated carbocycles. The van der Waals surface area contributed by atoms with E-state index in [1.54, 1.807) is 0 Å². The van der Waals surface area contributed by atoms with E-state index < -0.39 is 25.4 Å². The summed E-state index contributed by atoms with van der Waals surface area (Å²) in [6, 6.07) is 64.7. The van der Waals surface area contributed by atoms with Crippen LogP contribution < -0.4 is 0 Å². The molecule has 0 N–H and O–H groups in total. The lowest BCUT2D eigenvalue weighted by molar-refractivity contribution is 0.129. The Morgan fingerprint density at radius 2 is 0.712 bits per heavy atom. The summed E-state index contributed by atoms with van der Waals surface area (Å²) in [6.45, 7) is 0.821. The van der Waals surface area contributed by atoms with Crippen LogP contribution in [0.15, 0.2) is 241 Å². The van der Waals surface area contributed by atoms with Crippen LogP contribution in [0.4, 0.5) is 0 Å². The van der Waals surface area contributed by atoms with Gasteiger partial charge in [-0.2, -0.15) is 0 Å². The van der Waals surface area contributed by atoms with Gasteiger partial charge < -0.3 is 18.6 Å². The van der Waals surface area contributed by atoms with E-state index in [9.17, 15) is 0 Å². The fourth-order valence-corrected chi connectivity index (χ4v) is 10.8. The molecule has 66 heavy (non-hydrogen) atoms. The van der Waals surface area contributed by atoms with Crippen molar-refractivity contribution in [2.45, 2.75) is 60.6 Å². The predicted molar refractivity (Wildman–Crippen MR) is 270 cm³/mol. The number of allylic oxidation sites excluding steroid dienone is 6. The molecule has 6 aromatic carbocycles. The molecule has 6 aromatic rings. The molecule has 0 spiro atoms. The topological polar surface area (TPSA) is 36.9 Å². The van der Waals surface area contributed by atoms with Crippen molar-refractivity contribution in [2.75, 3.05) is 13.2 Å². The first kappa shape index (κ1) is 42.4. The second kappa shape index (κ2) is 18.9. The van der Waals surface area contributed by atoms with Crippen LogP contribution >= 0.6 is 0 Å². The fraction of sp³-hybridized carbons (Fsp3) is 0.200. The van der Waals surface area contributed by atoms with Gasteiger partial charge in [0.2, 0.25) is 0 Å². The number of benzene rings is 6. The van der Waals surface area contributed by atoms with Gasteiger partial charge in [0.25, 0.3) is 0 Å². The molecule has 8 aliphatic rings. The Hall–Kier alpha value is -6.27. The third kappa shape index (κ3) is 8.75. The van der Waals surface area contributed by atoms with Gasteiger partial charge in [-0.3, -0.25) is 0 Å². The zero-order valence-corrected chi connectivity index (χ0v) is 37.3. The van der Waals surface area contributed by atoms with Gasteiger partial charge in [0.05, 0.1) is 13.2 Å². The minimum atomic E-state index is -0.800. The predicted octanol–water partition coefficient (Wildman–Crippen LogP) is 13.5. The van der Waals surface area contributed by atoms with Crippen molar-refractivity contribution in [3.63, 3.8) is 0 Å². The summed E-state index contributed by atoms with van der Waals surface area (Å²) in [4.78, 5) is 0. The molecular weight excluding hydrogens is 806 g/mol. The lowest BCUT2D eigenvalue weighted by atomic mass is 9.66. The van der Waals surface area contributed by atoms with Crippen molar-refractivity contribution in [1.29, 1.82) is 0 Å². The van der Waals surface area contributed by atoms with Crippen LogP contribution in [0.5, 0.6) is 0 Å². The average Bonchev–Trinajstić information content (AvgIpc) is 4.04. The normalized spacial score (nSPS) is 28.1. The van der Waals surface area contributed by atoms with E-state index in [-0.39, 0.29) is 23.7 Å². The summed E-state index contributed by atoms with van der Waals surface area (Å²) in [7, 11) is -1.02. The largest absolute Gasteiger partial charge is 0.490 e. The van der Waals surface area contributed by atoms with Gasteiger partial charge in [0, 0.05) is 23.7 Å². The summed E-state index contributed by atoms with van der Waals surface area (Å²) < 4.78 is 29.1. The fourth-order valence-electron chi connectivity index (χ4n) is 10.8. The highest BCUT2D eigenvalue weighted by molar-refractivity contribution is 6.55. The van der Waals surface area contributed by atoms with E-state index in [1.165, 1.54) is 44.3 Å². The van der Waals surface area contributed by atoms with Gasteiger partial charge in [0.15, 0.2) is 0 Å². The van der Waals surface area contributed by atoms with Gasteiger partial charge in [-0.25, -0.2) is 0 Å². The molecule has 14 rings (SSSR count). The summed E-state index contributed by atoms with van der Waals surface area (Å²) in [5.74, 6) is -0.283. The molecule has 0 aromatic heterocycles. The second-order valence-electron chi connectivity index (χ2n) is 18.4. The molecule has 2 fully saturated rings. The highest BCUT2D eigenvalue weighted by atomic mass is 16.7. The molecule has 6 aliphatic heterocycles. The SMILES string of the molecule is C1=C2CC/C(=C\[C@H](c3ccccc3)[C@]3(/C=C/c4ccccc4)COB(O3)C3=C[C@H](c4ccccc4)/C(=C/[C@@H](c4ccccc4)[C@@]4(/C=C/c5ccccc5)COB2O4)CC3)[C@@H]1c1ccccc1. The lowest BCUT2D eigenvalue weighted by Crippen LogP contribution is -2.39. The van der Waals surface area contributed by atoms with Crippen molar-refractivity contribution in [3.05, 3.63) is 274 Å². The summed E-state index contributed by atoms with van der Waals surface area (Å²) in [6.07, 6.45) is 22.2. The molecule has 0 unspecified atom stereocenters. The monoisotopic (exact) mass is 860 g/mol. The Morgan fingerprint density at radius 3 is 1.08 bits per heavy atom. The number of hydrogen-bond acceptors (Lipinski definition) is 4. The zero-order chi connectivity index (χ0) is 44.2. The van der Waals surface area contributed by atoms with E-state index in [1.807, 2.05) is 0 Å². The van der Waals surface area contributed by atoms with Crippen LogP contribution in [-0.4, -0.2) is 38.7 Å². The van der Waals surface area contributed by atoms with E-state index >= 15 is 0 Å². The third-order valence-electron chi connectivity index (χ3n) is 14.3. The maximum absolute atomic E-state index is 7.56. The maximum Gasteiger partial charge on any atom is 0.490 e. The zero-order valence-electron chi connectivity index (χ0n) is 37.3. The van der Waals surface area contributed by atoms with Gasteiger partial charge in [-0.05, 0) is 70.0 Å². The average molecular weight is 861 g/mol. The highest BCUT2D eigenvalue weighted by Crippen LogP contribution is 2.50. The van der Waals surface area contributed by atoms with Crippen molar-refractivity contribution in [2.24, 2.45) is 0 Å². The van der Waals surface area contributed by atoms with E-state index in [0.717, 1.165) is 36.8 Å². The first-order valence-corrected chi connectivity index (χ1v) is 23.7. The van der Waals surface area contributed by atoms with E-state index in [4.69, 9.17) is 18.6 Å². The Labute approximate surface area is 391 Å². The molecule has 2 aliphatic carbocycles. The molecule has 0 radical (unpaired) electrons. The minimum absolute atomic E-state index is 0.00719. The molecule has 6 heteroatoms. The van der Waals surface area contributed by atoms with Crippen molar-refractivity contribution in [1.82, 2.24) is 0 Å². The molecule has 6 atom stereocenters. The van der Waals surface area contributed by atoms with Crippen LogP contribution in [0.2, 0.25) is 0 Å². The Balaban J connectivity index is 1.13. The first-order chi connectivity index (χ1) is 32.6. The molecule has 6 heterocycles. The maximum atomic E-state index is 7.56. The van der Waals surface area contributed by atoms with E-state index in [0.29, 0.717) is 13.2 Å². The summed E-state index contributed by atoms with van der Waals surface area (Å²) in [5.41, 5.74) is 10.6. The highest BCUT2D eigenvalue weighted by Gasteiger charge is 2.52.